The monoisotopic (exact) mass is 388 g/mol. The van der Waals surface area contributed by atoms with Crippen molar-refractivity contribution in [3.8, 4) is 17.6 Å². The van der Waals surface area contributed by atoms with Gasteiger partial charge in [-0.2, -0.15) is 5.26 Å². The van der Waals surface area contributed by atoms with Crippen molar-refractivity contribution in [3.05, 3.63) is 57.8 Å². The van der Waals surface area contributed by atoms with E-state index >= 15 is 0 Å². The van der Waals surface area contributed by atoms with E-state index in [0.29, 0.717) is 27.2 Å². The molecule has 1 N–H and O–H groups in total. The SMILES string of the molecule is N#C/C(=C/c1cc2c(cc1Br)OCO2)C(=O)Nc1ccc(F)cc1. The largest absolute Gasteiger partial charge is 0.454 e. The lowest BCUT2D eigenvalue weighted by molar-refractivity contribution is -0.112. The van der Waals surface area contributed by atoms with E-state index in [1.54, 1.807) is 12.1 Å². The van der Waals surface area contributed by atoms with Crippen LogP contribution >= 0.6 is 15.9 Å². The first-order valence-electron chi connectivity index (χ1n) is 6.84. The van der Waals surface area contributed by atoms with Crippen molar-refractivity contribution in [3.63, 3.8) is 0 Å². The van der Waals surface area contributed by atoms with Crippen LogP contribution in [0.2, 0.25) is 0 Å². The number of halogens is 2. The van der Waals surface area contributed by atoms with Gasteiger partial charge in [-0.25, -0.2) is 4.39 Å². The van der Waals surface area contributed by atoms with Gasteiger partial charge in [0.25, 0.3) is 5.91 Å². The van der Waals surface area contributed by atoms with E-state index in [9.17, 15) is 14.4 Å². The number of carbonyl (C=O) groups is 1. The molecule has 0 saturated carbocycles. The summed E-state index contributed by atoms with van der Waals surface area (Å²) in [5, 5.41) is 11.8. The van der Waals surface area contributed by atoms with E-state index in [2.05, 4.69) is 21.2 Å². The fourth-order valence-corrected chi connectivity index (χ4v) is 2.52. The molecule has 0 atom stereocenters. The number of hydrogen-bond donors (Lipinski definition) is 1. The van der Waals surface area contributed by atoms with E-state index in [4.69, 9.17) is 9.47 Å². The van der Waals surface area contributed by atoms with Gasteiger partial charge in [-0.3, -0.25) is 4.79 Å². The fourth-order valence-electron chi connectivity index (χ4n) is 2.08. The van der Waals surface area contributed by atoms with Gasteiger partial charge in [-0.05, 0) is 48.0 Å². The predicted octanol–water partition coefficient (Wildman–Crippen LogP) is 3.86. The number of benzene rings is 2. The lowest BCUT2D eigenvalue weighted by Gasteiger charge is -2.05. The Kier molecular flexibility index (Phi) is 4.49. The number of rotatable bonds is 3. The van der Waals surface area contributed by atoms with Crippen LogP contribution in [0.25, 0.3) is 6.08 Å². The number of carbonyl (C=O) groups excluding carboxylic acids is 1. The van der Waals surface area contributed by atoms with Crippen molar-refractivity contribution >= 4 is 33.6 Å². The second-order valence-electron chi connectivity index (χ2n) is 4.86. The maximum absolute atomic E-state index is 12.9. The summed E-state index contributed by atoms with van der Waals surface area (Å²) >= 11 is 3.37. The molecule has 0 bridgehead atoms. The zero-order valence-electron chi connectivity index (χ0n) is 12.2. The smallest absolute Gasteiger partial charge is 0.266 e. The molecule has 1 heterocycles. The van der Waals surface area contributed by atoms with Crippen LogP contribution in [0.15, 0.2) is 46.4 Å². The summed E-state index contributed by atoms with van der Waals surface area (Å²) in [5.41, 5.74) is 0.899. The van der Waals surface area contributed by atoms with Crippen LogP contribution in [0.4, 0.5) is 10.1 Å². The Balaban J connectivity index is 1.85. The highest BCUT2D eigenvalue weighted by molar-refractivity contribution is 9.10. The van der Waals surface area contributed by atoms with Crippen LogP contribution in [0.5, 0.6) is 11.5 Å². The van der Waals surface area contributed by atoms with Gasteiger partial charge in [-0.1, -0.05) is 15.9 Å². The van der Waals surface area contributed by atoms with Gasteiger partial charge in [0.05, 0.1) is 0 Å². The minimum atomic E-state index is -0.589. The van der Waals surface area contributed by atoms with Gasteiger partial charge in [0.2, 0.25) is 6.79 Å². The number of nitriles is 1. The summed E-state index contributed by atoms with van der Waals surface area (Å²) < 4.78 is 24.1. The zero-order valence-corrected chi connectivity index (χ0v) is 13.8. The Bertz CT molecular complexity index is 873. The highest BCUT2D eigenvalue weighted by Crippen LogP contribution is 2.37. The topological polar surface area (TPSA) is 71.3 Å². The van der Waals surface area contributed by atoms with E-state index < -0.39 is 11.7 Å². The molecule has 24 heavy (non-hydrogen) atoms. The van der Waals surface area contributed by atoms with Gasteiger partial charge in [0.15, 0.2) is 11.5 Å². The van der Waals surface area contributed by atoms with Crippen molar-refractivity contribution in [2.75, 3.05) is 12.1 Å². The van der Waals surface area contributed by atoms with Crippen molar-refractivity contribution in [1.29, 1.82) is 5.26 Å². The molecule has 2 aromatic carbocycles. The summed E-state index contributed by atoms with van der Waals surface area (Å²) in [4.78, 5) is 12.2. The van der Waals surface area contributed by atoms with Gasteiger partial charge in [0.1, 0.15) is 17.5 Å². The first-order chi connectivity index (χ1) is 11.6. The van der Waals surface area contributed by atoms with E-state index in [1.165, 1.54) is 30.3 Å². The molecule has 2 aromatic rings. The Morgan fingerprint density at radius 1 is 1.25 bits per heavy atom. The minimum Gasteiger partial charge on any atom is -0.454 e. The lowest BCUT2D eigenvalue weighted by atomic mass is 10.1. The van der Waals surface area contributed by atoms with Crippen molar-refractivity contribution in [1.82, 2.24) is 0 Å². The van der Waals surface area contributed by atoms with Crippen LogP contribution in [-0.2, 0) is 4.79 Å². The molecule has 0 aromatic heterocycles. The molecule has 7 heteroatoms. The Labute approximate surface area is 145 Å². The molecule has 0 unspecified atom stereocenters. The fraction of sp³-hybridized carbons (Fsp3) is 0.0588. The Morgan fingerprint density at radius 3 is 2.58 bits per heavy atom. The summed E-state index contributed by atoms with van der Waals surface area (Å²) in [6.45, 7) is 0.130. The zero-order chi connectivity index (χ0) is 17.1. The maximum Gasteiger partial charge on any atom is 0.266 e. The highest BCUT2D eigenvalue weighted by Gasteiger charge is 2.17. The second-order valence-corrected chi connectivity index (χ2v) is 5.71. The second kappa shape index (κ2) is 6.72. The molecule has 0 radical (unpaired) electrons. The van der Waals surface area contributed by atoms with Gasteiger partial charge < -0.3 is 14.8 Å². The van der Waals surface area contributed by atoms with Crippen LogP contribution in [0.3, 0.4) is 0 Å². The predicted molar refractivity (Wildman–Crippen MR) is 88.9 cm³/mol. The van der Waals surface area contributed by atoms with Crippen molar-refractivity contribution in [2.24, 2.45) is 0 Å². The summed E-state index contributed by atoms with van der Waals surface area (Å²) in [7, 11) is 0. The Hall–Kier alpha value is -2.85. The van der Waals surface area contributed by atoms with Crippen molar-refractivity contribution in [2.45, 2.75) is 0 Å². The van der Waals surface area contributed by atoms with Crippen LogP contribution in [-0.4, -0.2) is 12.7 Å². The summed E-state index contributed by atoms with van der Waals surface area (Å²) in [5.74, 6) is 0.135. The molecule has 1 amide bonds. The molecule has 1 aliphatic rings. The summed E-state index contributed by atoms with van der Waals surface area (Å²) in [6, 6.07) is 10.5. The Morgan fingerprint density at radius 2 is 1.92 bits per heavy atom. The van der Waals surface area contributed by atoms with E-state index in [0.717, 1.165) is 0 Å². The van der Waals surface area contributed by atoms with Crippen LogP contribution < -0.4 is 14.8 Å². The number of ether oxygens (including phenoxy) is 2. The molecular formula is C17H10BrFN2O3. The van der Waals surface area contributed by atoms with Crippen molar-refractivity contribution < 1.29 is 18.7 Å². The standard InChI is InChI=1S/C17H10BrFN2O3/c18-14-7-16-15(23-9-24-16)6-10(14)5-11(8-20)17(22)21-13-3-1-12(19)2-4-13/h1-7H,9H2,(H,21,22)/b11-5-. The molecule has 3 rings (SSSR count). The van der Waals surface area contributed by atoms with Gasteiger partial charge in [0, 0.05) is 10.2 Å². The molecule has 0 fully saturated rings. The molecule has 120 valence electrons. The third-order valence-corrected chi connectivity index (χ3v) is 3.95. The first-order valence-corrected chi connectivity index (χ1v) is 7.64. The number of hydrogen-bond acceptors (Lipinski definition) is 4. The maximum atomic E-state index is 12.9. The van der Waals surface area contributed by atoms with E-state index in [-0.39, 0.29) is 12.4 Å². The third-order valence-electron chi connectivity index (χ3n) is 3.26. The lowest BCUT2D eigenvalue weighted by Crippen LogP contribution is -2.13. The number of nitrogens with zero attached hydrogens (tertiary/aromatic N) is 1. The molecule has 0 spiro atoms. The first kappa shape index (κ1) is 16.0. The molecule has 5 nitrogen and oxygen atoms in total. The van der Waals surface area contributed by atoms with E-state index in [1.807, 2.05) is 6.07 Å². The average molecular weight is 389 g/mol. The molecule has 1 aliphatic heterocycles. The highest BCUT2D eigenvalue weighted by atomic mass is 79.9. The van der Waals surface area contributed by atoms with Crippen LogP contribution in [0, 0.1) is 17.1 Å². The molecule has 0 aliphatic carbocycles. The quantitative estimate of drug-likeness (QED) is 0.639. The van der Waals surface area contributed by atoms with Crippen LogP contribution in [0.1, 0.15) is 5.56 Å². The normalized spacial score (nSPS) is 12.6. The molecular weight excluding hydrogens is 379 g/mol. The number of fused-ring (bicyclic) bond motifs is 1. The van der Waals surface area contributed by atoms with Gasteiger partial charge in [-0.15, -0.1) is 0 Å². The average Bonchev–Trinajstić information content (AvgIpc) is 3.01. The minimum absolute atomic E-state index is 0.0982. The number of nitrogens with one attached hydrogen (secondary N) is 1. The molecule has 0 saturated heterocycles. The third kappa shape index (κ3) is 3.39. The van der Waals surface area contributed by atoms with Gasteiger partial charge >= 0.3 is 0 Å². The number of amides is 1. The summed E-state index contributed by atoms with van der Waals surface area (Å²) in [6.07, 6.45) is 1.44. The number of anilines is 1.